The molecule has 1 aliphatic heterocycles. The SMILES string of the molecule is Cc1c(C(=O)N2CCCN(S(=O)(=O)c3ccc(F)cc3)CC2)cnn1C. The Balaban J connectivity index is 1.75. The van der Waals surface area contributed by atoms with Gasteiger partial charge in [-0.3, -0.25) is 9.48 Å². The van der Waals surface area contributed by atoms with Crippen LogP contribution < -0.4 is 0 Å². The number of amides is 1. The topological polar surface area (TPSA) is 75.5 Å². The van der Waals surface area contributed by atoms with Crippen molar-refractivity contribution in [1.82, 2.24) is 19.0 Å². The highest BCUT2D eigenvalue weighted by Crippen LogP contribution is 2.19. The molecule has 1 aromatic heterocycles. The fourth-order valence-corrected chi connectivity index (χ4v) is 4.44. The highest BCUT2D eigenvalue weighted by molar-refractivity contribution is 7.89. The average Bonchev–Trinajstić information content (AvgIpc) is 2.82. The van der Waals surface area contributed by atoms with E-state index in [2.05, 4.69) is 5.10 Å². The number of benzene rings is 1. The van der Waals surface area contributed by atoms with Crippen LogP contribution in [0.1, 0.15) is 22.5 Å². The van der Waals surface area contributed by atoms with Gasteiger partial charge in [-0.1, -0.05) is 0 Å². The van der Waals surface area contributed by atoms with E-state index in [1.54, 1.807) is 16.6 Å². The number of nitrogens with zero attached hydrogens (tertiary/aromatic N) is 4. The van der Waals surface area contributed by atoms with Crippen molar-refractivity contribution >= 4 is 15.9 Å². The number of carbonyl (C=O) groups excluding carboxylic acids is 1. The molecular formula is C17H21FN4O3S. The van der Waals surface area contributed by atoms with E-state index in [1.165, 1.54) is 22.6 Å². The van der Waals surface area contributed by atoms with Crippen LogP contribution in [0.25, 0.3) is 0 Å². The van der Waals surface area contributed by atoms with E-state index in [0.29, 0.717) is 31.6 Å². The summed E-state index contributed by atoms with van der Waals surface area (Å²) in [4.78, 5) is 14.4. The molecule has 1 aliphatic rings. The summed E-state index contributed by atoms with van der Waals surface area (Å²) in [7, 11) is -1.94. The van der Waals surface area contributed by atoms with E-state index in [1.807, 2.05) is 6.92 Å². The third-order valence-corrected chi connectivity index (χ3v) is 6.57. The summed E-state index contributed by atoms with van der Waals surface area (Å²) in [5.74, 6) is -0.625. The summed E-state index contributed by atoms with van der Waals surface area (Å²) in [6.45, 7) is 3.11. The number of hydrogen-bond acceptors (Lipinski definition) is 4. The lowest BCUT2D eigenvalue weighted by Gasteiger charge is -2.22. The Morgan fingerprint density at radius 2 is 1.81 bits per heavy atom. The van der Waals surface area contributed by atoms with Gasteiger partial charge in [-0.2, -0.15) is 9.40 Å². The van der Waals surface area contributed by atoms with Gasteiger partial charge in [0, 0.05) is 38.9 Å². The van der Waals surface area contributed by atoms with Crippen molar-refractivity contribution in [3.05, 3.63) is 47.5 Å². The van der Waals surface area contributed by atoms with Crippen LogP contribution in [-0.2, 0) is 17.1 Å². The normalized spacial score (nSPS) is 16.5. The fourth-order valence-electron chi connectivity index (χ4n) is 2.97. The van der Waals surface area contributed by atoms with Crippen LogP contribution in [-0.4, -0.2) is 59.5 Å². The maximum atomic E-state index is 13.1. The summed E-state index contributed by atoms with van der Waals surface area (Å²) < 4.78 is 41.5. The first kappa shape index (κ1) is 18.5. The first-order valence-electron chi connectivity index (χ1n) is 8.34. The van der Waals surface area contributed by atoms with E-state index in [9.17, 15) is 17.6 Å². The van der Waals surface area contributed by atoms with Crippen molar-refractivity contribution in [2.75, 3.05) is 26.2 Å². The minimum Gasteiger partial charge on any atom is -0.337 e. The van der Waals surface area contributed by atoms with E-state index >= 15 is 0 Å². The predicted octanol–water partition coefficient (Wildman–Crippen LogP) is 1.40. The summed E-state index contributed by atoms with van der Waals surface area (Å²) in [5.41, 5.74) is 1.30. The van der Waals surface area contributed by atoms with Crippen molar-refractivity contribution in [3.8, 4) is 0 Å². The highest BCUT2D eigenvalue weighted by atomic mass is 32.2. The zero-order valence-corrected chi connectivity index (χ0v) is 15.5. The van der Waals surface area contributed by atoms with E-state index in [4.69, 9.17) is 0 Å². The zero-order chi connectivity index (χ0) is 18.9. The van der Waals surface area contributed by atoms with Gasteiger partial charge in [0.05, 0.1) is 16.7 Å². The standard InChI is InChI=1S/C17H21FN4O3S/c1-13-16(12-19-20(13)2)17(23)21-8-3-9-22(11-10-21)26(24,25)15-6-4-14(18)5-7-15/h4-7,12H,3,8-11H2,1-2H3. The summed E-state index contributed by atoms with van der Waals surface area (Å²) in [6, 6.07) is 4.78. The fraction of sp³-hybridized carbons (Fsp3) is 0.412. The lowest BCUT2D eigenvalue weighted by molar-refractivity contribution is 0.0763. The molecule has 140 valence electrons. The Bertz CT molecular complexity index is 909. The number of halogens is 1. The molecule has 0 unspecified atom stereocenters. The van der Waals surface area contributed by atoms with Crippen LogP contribution >= 0.6 is 0 Å². The van der Waals surface area contributed by atoms with Gasteiger partial charge in [0.1, 0.15) is 5.82 Å². The van der Waals surface area contributed by atoms with Gasteiger partial charge in [-0.25, -0.2) is 12.8 Å². The Morgan fingerprint density at radius 3 is 2.42 bits per heavy atom. The Kier molecular flexibility index (Phi) is 5.10. The van der Waals surface area contributed by atoms with Crippen molar-refractivity contribution in [2.24, 2.45) is 7.05 Å². The Hall–Kier alpha value is -2.26. The second-order valence-electron chi connectivity index (χ2n) is 6.27. The second kappa shape index (κ2) is 7.16. The molecule has 26 heavy (non-hydrogen) atoms. The molecule has 0 spiro atoms. The lowest BCUT2D eigenvalue weighted by Crippen LogP contribution is -2.37. The largest absolute Gasteiger partial charge is 0.337 e. The molecule has 7 nitrogen and oxygen atoms in total. The highest BCUT2D eigenvalue weighted by Gasteiger charge is 2.29. The zero-order valence-electron chi connectivity index (χ0n) is 14.7. The number of sulfonamides is 1. The van der Waals surface area contributed by atoms with E-state index in [0.717, 1.165) is 17.8 Å². The molecule has 0 bridgehead atoms. The number of hydrogen-bond donors (Lipinski definition) is 0. The molecule has 3 rings (SSSR count). The second-order valence-corrected chi connectivity index (χ2v) is 8.21. The average molecular weight is 380 g/mol. The number of carbonyl (C=O) groups is 1. The molecule has 0 N–H and O–H groups in total. The van der Waals surface area contributed by atoms with Gasteiger partial charge >= 0.3 is 0 Å². The van der Waals surface area contributed by atoms with Crippen LogP contribution in [0.3, 0.4) is 0 Å². The molecule has 1 aromatic carbocycles. The molecule has 2 aromatic rings. The van der Waals surface area contributed by atoms with Crippen molar-refractivity contribution in [3.63, 3.8) is 0 Å². The van der Waals surface area contributed by atoms with Gasteiger partial charge in [0.15, 0.2) is 0 Å². The van der Waals surface area contributed by atoms with E-state index in [-0.39, 0.29) is 17.3 Å². The molecule has 1 amide bonds. The molecular weight excluding hydrogens is 359 g/mol. The van der Waals surface area contributed by atoms with Crippen LogP contribution in [0, 0.1) is 12.7 Å². The van der Waals surface area contributed by atoms with Crippen LogP contribution in [0.15, 0.2) is 35.4 Å². The molecule has 1 fully saturated rings. The number of rotatable bonds is 3. The van der Waals surface area contributed by atoms with E-state index < -0.39 is 15.8 Å². The van der Waals surface area contributed by atoms with Gasteiger partial charge in [-0.15, -0.1) is 0 Å². The smallest absolute Gasteiger partial charge is 0.257 e. The van der Waals surface area contributed by atoms with Crippen LogP contribution in [0.2, 0.25) is 0 Å². The third kappa shape index (κ3) is 3.49. The maximum absolute atomic E-state index is 13.1. The van der Waals surface area contributed by atoms with Gasteiger partial charge in [-0.05, 0) is 37.6 Å². The molecule has 2 heterocycles. The summed E-state index contributed by atoms with van der Waals surface area (Å²) in [5, 5.41) is 4.09. The molecule has 0 aliphatic carbocycles. The number of aryl methyl sites for hydroxylation is 1. The third-order valence-electron chi connectivity index (χ3n) is 4.66. The van der Waals surface area contributed by atoms with Crippen LogP contribution in [0.4, 0.5) is 4.39 Å². The molecule has 9 heteroatoms. The predicted molar refractivity (Wildman–Crippen MR) is 93.6 cm³/mol. The minimum atomic E-state index is -3.71. The van der Waals surface area contributed by atoms with Crippen LogP contribution in [0.5, 0.6) is 0 Å². The van der Waals surface area contributed by atoms with Crippen molar-refractivity contribution in [1.29, 1.82) is 0 Å². The molecule has 0 radical (unpaired) electrons. The first-order chi connectivity index (χ1) is 12.3. The monoisotopic (exact) mass is 380 g/mol. The Labute approximate surface area is 152 Å². The molecule has 0 atom stereocenters. The van der Waals surface area contributed by atoms with Gasteiger partial charge in [0.25, 0.3) is 5.91 Å². The van der Waals surface area contributed by atoms with Gasteiger partial charge < -0.3 is 4.90 Å². The van der Waals surface area contributed by atoms with Crippen molar-refractivity contribution in [2.45, 2.75) is 18.2 Å². The quantitative estimate of drug-likeness (QED) is 0.807. The summed E-state index contributed by atoms with van der Waals surface area (Å²) >= 11 is 0. The number of aromatic nitrogens is 2. The van der Waals surface area contributed by atoms with Crippen molar-refractivity contribution < 1.29 is 17.6 Å². The lowest BCUT2D eigenvalue weighted by atomic mass is 10.2. The maximum Gasteiger partial charge on any atom is 0.257 e. The minimum absolute atomic E-state index is 0.0572. The van der Waals surface area contributed by atoms with Gasteiger partial charge in [0.2, 0.25) is 10.0 Å². The summed E-state index contributed by atoms with van der Waals surface area (Å²) in [6.07, 6.45) is 2.07. The Morgan fingerprint density at radius 1 is 1.12 bits per heavy atom. The molecule has 1 saturated heterocycles. The molecule has 0 saturated carbocycles. The first-order valence-corrected chi connectivity index (χ1v) is 9.78.